The van der Waals surface area contributed by atoms with Gasteiger partial charge in [-0.2, -0.15) is 0 Å². The predicted octanol–water partition coefficient (Wildman–Crippen LogP) is 2.34. The van der Waals surface area contributed by atoms with Crippen LogP contribution in [-0.4, -0.2) is 129 Å². The minimum absolute atomic E-state index is 0.0243. The third-order valence-electron chi connectivity index (χ3n) is 11.9. The highest BCUT2D eigenvalue weighted by atomic mass is 16.2. The summed E-state index contributed by atoms with van der Waals surface area (Å²) in [7, 11) is 0. The van der Waals surface area contributed by atoms with Gasteiger partial charge in [-0.05, 0) is 75.9 Å². The van der Waals surface area contributed by atoms with E-state index in [1.807, 2.05) is 29.2 Å². The van der Waals surface area contributed by atoms with Crippen molar-refractivity contribution in [1.29, 1.82) is 0 Å². The number of anilines is 2. The second kappa shape index (κ2) is 14.9. The van der Waals surface area contributed by atoms with E-state index >= 15 is 0 Å². The molecule has 2 atom stereocenters. The number of imide groups is 2. The third kappa shape index (κ3) is 7.09. The molecule has 3 aromatic rings. The van der Waals surface area contributed by atoms with Crippen molar-refractivity contribution in [2.45, 2.75) is 70.5 Å². The Morgan fingerprint density at radius 1 is 0.907 bits per heavy atom. The fraction of sp³-hybridized carbons (Fsp3) is 0.513. The average Bonchev–Trinajstić information content (AvgIpc) is 3.85. The molecule has 4 fully saturated rings. The normalized spacial score (nSPS) is 23.0. The SMILES string of the molecule is C[C@H]1CCCN1Cc1nc2ccc(NC(=O)C3CCN(C(=O)CCN4CCN(c5cccc6c5C(=O)N(C5CCC(=O)NC5=O)C6=O)CC4)CC3)cc2[nH]1. The van der Waals surface area contributed by atoms with Gasteiger partial charge < -0.3 is 20.1 Å². The maximum Gasteiger partial charge on any atom is 0.264 e. The van der Waals surface area contributed by atoms with Crippen molar-refractivity contribution in [3.05, 3.63) is 53.3 Å². The lowest BCUT2D eigenvalue weighted by atomic mass is 9.95. The summed E-state index contributed by atoms with van der Waals surface area (Å²) in [6, 6.07) is 10.5. The molecule has 284 valence electrons. The molecule has 0 spiro atoms. The van der Waals surface area contributed by atoms with Gasteiger partial charge in [-0.1, -0.05) is 6.07 Å². The molecular weight excluding hydrogens is 690 g/mol. The van der Waals surface area contributed by atoms with E-state index in [0.717, 1.165) is 40.5 Å². The maximum absolute atomic E-state index is 13.6. The molecule has 5 aliphatic heterocycles. The van der Waals surface area contributed by atoms with Gasteiger partial charge in [0.2, 0.25) is 23.6 Å². The van der Waals surface area contributed by atoms with Crippen LogP contribution in [0.1, 0.15) is 78.4 Å². The van der Waals surface area contributed by atoms with Gasteiger partial charge in [0.25, 0.3) is 11.8 Å². The third-order valence-corrected chi connectivity index (χ3v) is 11.9. The molecule has 54 heavy (non-hydrogen) atoms. The summed E-state index contributed by atoms with van der Waals surface area (Å²) in [6.45, 7) is 8.42. The number of hydrogen-bond acceptors (Lipinski definition) is 10. The molecule has 8 rings (SSSR count). The Kier molecular flexibility index (Phi) is 9.92. The number of aromatic amines is 1. The van der Waals surface area contributed by atoms with E-state index in [-0.39, 0.29) is 36.1 Å². The van der Waals surface area contributed by atoms with E-state index in [0.29, 0.717) is 82.4 Å². The Morgan fingerprint density at radius 3 is 2.44 bits per heavy atom. The number of hydrogen-bond donors (Lipinski definition) is 3. The van der Waals surface area contributed by atoms with Gasteiger partial charge in [-0.25, -0.2) is 4.98 Å². The second-order valence-corrected chi connectivity index (χ2v) is 15.2. The number of likely N-dealkylation sites (tertiary alicyclic amines) is 2. The lowest BCUT2D eigenvalue weighted by Crippen LogP contribution is -2.54. The number of nitrogens with zero attached hydrogens (tertiary/aromatic N) is 6. The number of aromatic nitrogens is 2. The van der Waals surface area contributed by atoms with E-state index in [1.54, 1.807) is 12.1 Å². The smallest absolute Gasteiger partial charge is 0.264 e. The number of amides is 6. The molecule has 15 nitrogen and oxygen atoms in total. The average molecular weight is 738 g/mol. The Hall–Kier alpha value is -5.15. The molecule has 1 unspecified atom stereocenters. The highest BCUT2D eigenvalue weighted by Crippen LogP contribution is 2.35. The van der Waals surface area contributed by atoms with Gasteiger partial charge in [0, 0.05) is 76.3 Å². The first-order valence-electron chi connectivity index (χ1n) is 19.3. The number of piperidine rings is 2. The fourth-order valence-electron chi connectivity index (χ4n) is 8.66. The standard InChI is InChI=1S/C39H47N9O6/c1-24-4-3-14-47(24)23-32-41-28-8-7-26(22-29(28)42-32)40-36(51)25-11-16-46(17-12-25)34(50)13-15-44-18-20-45(21-19-44)30-6-2-5-27-35(30)39(54)48(38(27)53)31-9-10-33(49)43-37(31)52/h2,5-8,22,24-25,31H,3-4,9-21,23H2,1H3,(H,40,51)(H,41,42)(H,43,49,52)/t24-,31?/m0/s1. The van der Waals surface area contributed by atoms with E-state index < -0.39 is 29.7 Å². The van der Waals surface area contributed by atoms with Crippen molar-refractivity contribution in [3.63, 3.8) is 0 Å². The number of nitrogens with one attached hydrogen (secondary N) is 3. The molecular formula is C39H47N9O6. The predicted molar refractivity (Wildman–Crippen MR) is 200 cm³/mol. The largest absolute Gasteiger partial charge is 0.368 e. The zero-order chi connectivity index (χ0) is 37.5. The van der Waals surface area contributed by atoms with Crippen LogP contribution >= 0.6 is 0 Å². The van der Waals surface area contributed by atoms with Gasteiger partial charge in [0.05, 0.1) is 34.4 Å². The quantitative estimate of drug-likeness (QED) is 0.277. The number of carbonyl (C=O) groups is 6. The van der Waals surface area contributed by atoms with Crippen LogP contribution in [0.4, 0.5) is 11.4 Å². The highest BCUT2D eigenvalue weighted by Gasteiger charge is 2.46. The number of imidazole rings is 1. The van der Waals surface area contributed by atoms with Crippen LogP contribution < -0.4 is 15.5 Å². The highest BCUT2D eigenvalue weighted by molar-refractivity contribution is 6.25. The molecule has 1 aromatic heterocycles. The Bertz CT molecular complexity index is 2000. The van der Waals surface area contributed by atoms with Gasteiger partial charge in [0.15, 0.2) is 0 Å². The van der Waals surface area contributed by atoms with Crippen LogP contribution in [0.3, 0.4) is 0 Å². The summed E-state index contributed by atoms with van der Waals surface area (Å²) < 4.78 is 0. The minimum atomic E-state index is -1.01. The van der Waals surface area contributed by atoms with Crippen molar-refractivity contribution in [2.24, 2.45) is 5.92 Å². The lowest BCUT2D eigenvalue weighted by Gasteiger charge is -2.37. The van der Waals surface area contributed by atoms with Crippen LogP contribution in [0.15, 0.2) is 36.4 Å². The number of fused-ring (bicyclic) bond motifs is 2. The van der Waals surface area contributed by atoms with E-state index in [2.05, 4.69) is 37.2 Å². The second-order valence-electron chi connectivity index (χ2n) is 15.2. The van der Waals surface area contributed by atoms with E-state index in [9.17, 15) is 28.8 Å². The number of H-pyrrole nitrogens is 1. The summed E-state index contributed by atoms with van der Waals surface area (Å²) in [5.74, 6) is -1.23. The van der Waals surface area contributed by atoms with Crippen molar-refractivity contribution in [1.82, 2.24) is 34.9 Å². The Labute approximate surface area is 313 Å². The van der Waals surface area contributed by atoms with Crippen LogP contribution in [0.25, 0.3) is 11.0 Å². The molecule has 6 heterocycles. The zero-order valence-electron chi connectivity index (χ0n) is 30.6. The minimum Gasteiger partial charge on any atom is -0.368 e. The van der Waals surface area contributed by atoms with Crippen LogP contribution in [0.2, 0.25) is 0 Å². The summed E-state index contributed by atoms with van der Waals surface area (Å²) in [5, 5.41) is 5.32. The summed E-state index contributed by atoms with van der Waals surface area (Å²) in [4.78, 5) is 95.2. The van der Waals surface area contributed by atoms with Gasteiger partial charge in [-0.3, -0.25) is 48.8 Å². The van der Waals surface area contributed by atoms with Crippen molar-refractivity contribution in [3.8, 4) is 0 Å². The number of piperazine rings is 1. The van der Waals surface area contributed by atoms with Gasteiger partial charge in [-0.15, -0.1) is 0 Å². The molecule has 3 N–H and O–H groups in total. The number of carbonyl (C=O) groups excluding carboxylic acids is 6. The molecule has 6 amide bonds. The topological polar surface area (TPSA) is 171 Å². The molecule has 2 aromatic carbocycles. The number of benzene rings is 2. The van der Waals surface area contributed by atoms with Gasteiger partial charge >= 0.3 is 0 Å². The Morgan fingerprint density at radius 2 is 1.70 bits per heavy atom. The molecule has 0 bridgehead atoms. The zero-order valence-corrected chi connectivity index (χ0v) is 30.6. The van der Waals surface area contributed by atoms with Crippen molar-refractivity contribution < 1.29 is 28.8 Å². The summed E-state index contributed by atoms with van der Waals surface area (Å²) in [5.41, 5.74) is 3.75. The monoisotopic (exact) mass is 737 g/mol. The first-order chi connectivity index (χ1) is 26.1. The molecule has 0 saturated carbocycles. The molecule has 15 heteroatoms. The fourth-order valence-corrected chi connectivity index (χ4v) is 8.66. The summed E-state index contributed by atoms with van der Waals surface area (Å²) in [6.07, 6.45) is 4.23. The molecule has 5 aliphatic rings. The first-order valence-corrected chi connectivity index (χ1v) is 19.3. The Balaban J connectivity index is 0.784. The van der Waals surface area contributed by atoms with Crippen molar-refractivity contribution in [2.75, 3.05) is 62.6 Å². The lowest BCUT2D eigenvalue weighted by molar-refractivity contribution is -0.136. The number of rotatable bonds is 9. The van der Waals surface area contributed by atoms with Crippen LogP contribution in [0, 0.1) is 5.92 Å². The molecule has 0 radical (unpaired) electrons. The maximum atomic E-state index is 13.6. The van der Waals surface area contributed by atoms with Gasteiger partial charge in [0.1, 0.15) is 11.9 Å². The van der Waals surface area contributed by atoms with E-state index in [4.69, 9.17) is 4.98 Å². The van der Waals surface area contributed by atoms with Crippen molar-refractivity contribution >= 4 is 57.9 Å². The van der Waals surface area contributed by atoms with Crippen LogP contribution in [0.5, 0.6) is 0 Å². The van der Waals surface area contributed by atoms with E-state index in [1.165, 1.54) is 12.8 Å². The molecule has 4 saturated heterocycles. The van der Waals surface area contributed by atoms with Crippen LogP contribution in [-0.2, 0) is 25.7 Å². The molecule has 0 aliphatic carbocycles. The first kappa shape index (κ1) is 35.9. The summed E-state index contributed by atoms with van der Waals surface area (Å²) >= 11 is 0.